The Morgan fingerprint density at radius 3 is 2.76 bits per heavy atom. The average Bonchev–Trinajstić information content (AvgIpc) is 2.84. The van der Waals surface area contributed by atoms with E-state index in [1.807, 2.05) is 6.07 Å². The van der Waals surface area contributed by atoms with Crippen molar-refractivity contribution >= 4 is 33.1 Å². The van der Waals surface area contributed by atoms with Gasteiger partial charge in [-0.25, -0.2) is 9.37 Å². The van der Waals surface area contributed by atoms with Crippen molar-refractivity contribution < 1.29 is 9.18 Å². The van der Waals surface area contributed by atoms with E-state index in [2.05, 4.69) is 10.3 Å². The number of hydrogen-bond donors (Lipinski definition) is 2. The number of benzene rings is 1. The third kappa shape index (κ3) is 2.71. The highest BCUT2D eigenvalue weighted by atomic mass is 32.1. The lowest BCUT2D eigenvalue weighted by atomic mass is 10.2. The second kappa shape index (κ2) is 5.49. The Kier molecular flexibility index (Phi) is 3.53. The molecular weight excluding hydrogens is 289 g/mol. The smallest absolute Gasteiger partial charge is 0.263 e. The number of carbonyl (C=O) groups is 1. The first kappa shape index (κ1) is 13.5. The molecule has 0 aliphatic rings. The van der Waals surface area contributed by atoms with Gasteiger partial charge in [0.1, 0.15) is 15.5 Å². The summed E-state index contributed by atoms with van der Waals surface area (Å²) in [6, 6.07) is 9.60. The van der Waals surface area contributed by atoms with Crippen LogP contribution < -0.4 is 11.1 Å². The van der Waals surface area contributed by atoms with Crippen LogP contribution in [-0.4, -0.2) is 10.9 Å². The molecule has 0 saturated heterocycles. The van der Waals surface area contributed by atoms with E-state index < -0.39 is 0 Å². The zero-order valence-corrected chi connectivity index (χ0v) is 11.8. The van der Waals surface area contributed by atoms with Gasteiger partial charge in [-0.1, -0.05) is 12.1 Å². The number of nitrogen functional groups attached to an aromatic ring is 1. The lowest BCUT2D eigenvalue weighted by molar-refractivity contribution is 0.0956. The SMILES string of the molecule is Nc1c(C(=O)NCc2ccc(F)cc2)sc2ncccc12. The van der Waals surface area contributed by atoms with Crippen LogP contribution in [0.25, 0.3) is 10.2 Å². The van der Waals surface area contributed by atoms with Crippen molar-refractivity contribution in [3.8, 4) is 0 Å². The molecule has 3 rings (SSSR count). The summed E-state index contributed by atoms with van der Waals surface area (Å²) < 4.78 is 12.8. The number of anilines is 1. The Balaban J connectivity index is 1.78. The van der Waals surface area contributed by atoms with E-state index in [0.717, 1.165) is 15.8 Å². The van der Waals surface area contributed by atoms with Crippen molar-refractivity contribution in [1.82, 2.24) is 10.3 Å². The van der Waals surface area contributed by atoms with E-state index in [0.29, 0.717) is 17.1 Å². The largest absolute Gasteiger partial charge is 0.397 e. The summed E-state index contributed by atoms with van der Waals surface area (Å²) in [7, 11) is 0. The first-order valence-electron chi connectivity index (χ1n) is 6.31. The van der Waals surface area contributed by atoms with Gasteiger partial charge in [-0.15, -0.1) is 11.3 Å². The molecule has 3 N–H and O–H groups in total. The molecule has 0 unspecified atom stereocenters. The third-order valence-electron chi connectivity index (χ3n) is 3.08. The molecule has 0 saturated carbocycles. The summed E-state index contributed by atoms with van der Waals surface area (Å²) in [6.45, 7) is 0.320. The minimum absolute atomic E-state index is 0.250. The summed E-state index contributed by atoms with van der Waals surface area (Å²) in [5.41, 5.74) is 7.25. The minimum Gasteiger partial charge on any atom is -0.397 e. The van der Waals surface area contributed by atoms with Gasteiger partial charge in [0.15, 0.2) is 0 Å². The second-order valence-electron chi connectivity index (χ2n) is 4.51. The standard InChI is InChI=1S/C15H12FN3OS/c16-10-5-3-9(4-6-10)8-19-14(20)13-12(17)11-2-1-7-18-15(11)21-13/h1-7H,8,17H2,(H,19,20). The number of nitrogens with zero attached hydrogens (tertiary/aromatic N) is 1. The molecule has 2 aromatic heterocycles. The Morgan fingerprint density at radius 2 is 2.05 bits per heavy atom. The van der Waals surface area contributed by atoms with Gasteiger partial charge < -0.3 is 11.1 Å². The van der Waals surface area contributed by atoms with Crippen LogP contribution in [0.1, 0.15) is 15.2 Å². The molecule has 4 nitrogen and oxygen atoms in total. The van der Waals surface area contributed by atoms with E-state index in [4.69, 9.17) is 5.73 Å². The fraction of sp³-hybridized carbons (Fsp3) is 0.0667. The van der Waals surface area contributed by atoms with Crippen LogP contribution in [0.5, 0.6) is 0 Å². The molecule has 1 aromatic carbocycles. The normalized spacial score (nSPS) is 10.7. The number of nitrogens with one attached hydrogen (secondary N) is 1. The highest BCUT2D eigenvalue weighted by Crippen LogP contribution is 2.31. The van der Waals surface area contributed by atoms with Crippen LogP contribution in [0.15, 0.2) is 42.6 Å². The summed E-state index contributed by atoms with van der Waals surface area (Å²) in [5.74, 6) is -0.551. The second-order valence-corrected chi connectivity index (χ2v) is 5.51. The van der Waals surface area contributed by atoms with E-state index in [1.165, 1.54) is 23.5 Å². The molecule has 6 heteroatoms. The van der Waals surface area contributed by atoms with Crippen LogP contribution >= 0.6 is 11.3 Å². The molecule has 0 atom stereocenters. The maximum absolute atomic E-state index is 12.8. The van der Waals surface area contributed by atoms with Gasteiger partial charge in [-0.3, -0.25) is 4.79 Å². The molecule has 0 bridgehead atoms. The van der Waals surface area contributed by atoms with Crippen LogP contribution in [0.3, 0.4) is 0 Å². The molecule has 0 radical (unpaired) electrons. The number of fused-ring (bicyclic) bond motifs is 1. The van der Waals surface area contributed by atoms with Crippen LogP contribution in [0.4, 0.5) is 10.1 Å². The first-order chi connectivity index (χ1) is 10.1. The number of amides is 1. The number of halogens is 1. The maximum atomic E-state index is 12.8. The van der Waals surface area contributed by atoms with Crippen molar-refractivity contribution in [1.29, 1.82) is 0 Å². The van der Waals surface area contributed by atoms with Crippen molar-refractivity contribution in [2.45, 2.75) is 6.54 Å². The van der Waals surface area contributed by atoms with E-state index >= 15 is 0 Å². The predicted octanol–water partition coefficient (Wildman–Crippen LogP) is 2.95. The fourth-order valence-corrected chi connectivity index (χ4v) is 2.96. The fourth-order valence-electron chi connectivity index (χ4n) is 1.98. The zero-order valence-electron chi connectivity index (χ0n) is 11.0. The molecule has 106 valence electrons. The lowest BCUT2D eigenvalue weighted by Gasteiger charge is -2.04. The number of rotatable bonds is 3. The van der Waals surface area contributed by atoms with Gasteiger partial charge in [-0.05, 0) is 29.8 Å². The molecule has 0 aliphatic heterocycles. The summed E-state index contributed by atoms with van der Waals surface area (Å²) >= 11 is 1.26. The van der Waals surface area contributed by atoms with E-state index in [9.17, 15) is 9.18 Å². The Bertz CT molecular complexity index is 798. The number of pyridine rings is 1. The monoisotopic (exact) mass is 301 g/mol. The van der Waals surface area contributed by atoms with Crippen molar-refractivity contribution in [3.05, 3.63) is 58.9 Å². The predicted molar refractivity (Wildman–Crippen MR) is 81.6 cm³/mol. The number of thiophene rings is 1. The third-order valence-corrected chi connectivity index (χ3v) is 4.21. The first-order valence-corrected chi connectivity index (χ1v) is 7.12. The zero-order chi connectivity index (χ0) is 14.8. The molecule has 21 heavy (non-hydrogen) atoms. The van der Waals surface area contributed by atoms with Gasteiger partial charge in [-0.2, -0.15) is 0 Å². The van der Waals surface area contributed by atoms with E-state index in [-0.39, 0.29) is 11.7 Å². The number of nitrogens with two attached hydrogens (primary N) is 1. The van der Waals surface area contributed by atoms with Gasteiger partial charge in [0.05, 0.1) is 5.69 Å². The maximum Gasteiger partial charge on any atom is 0.263 e. The number of hydrogen-bond acceptors (Lipinski definition) is 4. The van der Waals surface area contributed by atoms with Gasteiger partial charge in [0.25, 0.3) is 5.91 Å². The summed E-state index contributed by atoms with van der Waals surface area (Å²) in [4.78, 5) is 17.6. The van der Waals surface area contributed by atoms with E-state index in [1.54, 1.807) is 24.4 Å². The molecule has 0 aliphatic carbocycles. The quantitative estimate of drug-likeness (QED) is 0.781. The van der Waals surface area contributed by atoms with Crippen molar-refractivity contribution in [2.75, 3.05) is 5.73 Å². The topological polar surface area (TPSA) is 68.0 Å². The van der Waals surface area contributed by atoms with Crippen molar-refractivity contribution in [3.63, 3.8) is 0 Å². The van der Waals surface area contributed by atoms with Gasteiger partial charge in [0.2, 0.25) is 0 Å². The summed E-state index contributed by atoms with van der Waals surface area (Å²) in [5, 5.41) is 3.56. The van der Waals surface area contributed by atoms with Crippen LogP contribution in [0.2, 0.25) is 0 Å². The van der Waals surface area contributed by atoms with Gasteiger partial charge >= 0.3 is 0 Å². The summed E-state index contributed by atoms with van der Waals surface area (Å²) in [6.07, 6.45) is 1.67. The molecule has 0 spiro atoms. The Morgan fingerprint density at radius 1 is 1.29 bits per heavy atom. The molecule has 0 fully saturated rings. The van der Waals surface area contributed by atoms with Gasteiger partial charge in [0, 0.05) is 18.1 Å². The van der Waals surface area contributed by atoms with Crippen LogP contribution in [-0.2, 0) is 6.54 Å². The molecular formula is C15H12FN3OS. The number of aromatic nitrogens is 1. The highest BCUT2D eigenvalue weighted by Gasteiger charge is 2.16. The Hall–Kier alpha value is -2.47. The van der Waals surface area contributed by atoms with Crippen molar-refractivity contribution in [2.24, 2.45) is 0 Å². The number of carbonyl (C=O) groups excluding carboxylic acids is 1. The minimum atomic E-state index is -0.301. The highest BCUT2D eigenvalue weighted by molar-refractivity contribution is 7.21. The van der Waals surface area contributed by atoms with Crippen LogP contribution in [0, 0.1) is 5.82 Å². The lowest BCUT2D eigenvalue weighted by Crippen LogP contribution is -2.22. The average molecular weight is 301 g/mol. The molecule has 3 aromatic rings. The Labute approximate surface area is 124 Å². The molecule has 2 heterocycles. The molecule has 1 amide bonds.